The molecular weight excluding hydrogens is 600 g/mol. The summed E-state index contributed by atoms with van der Waals surface area (Å²) in [6.07, 6.45) is 0. The molecule has 0 aliphatic rings. The predicted octanol–water partition coefficient (Wildman–Crippen LogP) is 5.33. The summed E-state index contributed by atoms with van der Waals surface area (Å²) in [6.45, 7) is 8.73. The van der Waals surface area contributed by atoms with E-state index in [2.05, 4.69) is 0 Å². The van der Waals surface area contributed by atoms with Gasteiger partial charge in [0, 0.05) is 16.5 Å². The summed E-state index contributed by atoms with van der Waals surface area (Å²) >= 11 is 0. The summed E-state index contributed by atoms with van der Waals surface area (Å²) in [7, 11) is 1.52. The van der Waals surface area contributed by atoms with Crippen molar-refractivity contribution in [3.63, 3.8) is 0 Å². The molecule has 47 heavy (non-hydrogen) atoms. The molecule has 0 unspecified atom stereocenters. The largest absolute Gasteiger partial charge is 0.496 e. The van der Waals surface area contributed by atoms with Crippen LogP contribution < -0.4 is 16.0 Å². The Morgan fingerprint density at radius 2 is 1.60 bits per heavy atom. The minimum atomic E-state index is -0.806. The van der Waals surface area contributed by atoms with Crippen molar-refractivity contribution in [3.8, 4) is 17.0 Å². The van der Waals surface area contributed by atoms with E-state index in [-0.39, 0.29) is 53.8 Å². The molecule has 0 saturated carbocycles. The molecule has 0 N–H and O–H groups in total. The highest BCUT2D eigenvalue weighted by Gasteiger charge is 2.31. The highest BCUT2D eigenvalue weighted by molar-refractivity contribution is 6.07. The van der Waals surface area contributed by atoms with E-state index in [4.69, 9.17) is 24.2 Å². The van der Waals surface area contributed by atoms with Crippen molar-refractivity contribution in [3.05, 3.63) is 98.3 Å². The van der Waals surface area contributed by atoms with E-state index in [9.17, 15) is 19.2 Å². The van der Waals surface area contributed by atoms with Crippen LogP contribution in [0, 0.1) is 5.92 Å². The third-order valence-corrected chi connectivity index (χ3v) is 7.65. The maximum atomic E-state index is 14.5. The van der Waals surface area contributed by atoms with Gasteiger partial charge in [0.25, 0.3) is 5.56 Å². The van der Waals surface area contributed by atoms with E-state index in [1.165, 1.54) is 11.7 Å². The van der Waals surface area contributed by atoms with Gasteiger partial charge in [0.15, 0.2) is 5.65 Å². The molecule has 11 heteroatoms. The van der Waals surface area contributed by atoms with Crippen molar-refractivity contribution < 1.29 is 23.8 Å². The van der Waals surface area contributed by atoms with Crippen molar-refractivity contribution in [2.24, 2.45) is 5.92 Å². The maximum absolute atomic E-state index is 14.5. The fourth-order valence-corrected chi connectivity index (χ4v) is 5.47. The topological polar surface area (TPSA) is 132 Å². The van der Waals surface area contributed by atoms with Gasteiger partial charge in [0.2, 0.25) is 0 Å². The molecular formula is C36H38N4O7. The third kappa shape index (κ3) is 6.65. The van der Waals surface area contributed by atoms with Crippen LogP contribution >= 0.6 is 0 Å². The van der Waals surface area contributed by atoms with Crippen molar-refractivity contribution >= 4 is 33.9 Å². The first-order valence-electron chi connectivity index (χ1n) is 15.6. The lowest BCUT2D eigenvalue weighted by molar-refractivity contribution is -0.143. The number of hydrogen-bond acceptors (Lipinski definition) is 9. The lowest BCUT2D eigenvalue weighted by Crippen LogP contribution is -2.43. The number of para-hydroxylation sites is 2. The second kappa shape index (κ2) is 14.0. The zero-order chi connectivity index (χ0) is 33.8. The first-order chi connectivity index (χ1) is 22.5. The molecule has 11 nitrogen and oxygen atoms in total. The molecule has 0 saturated heterocycles. The van der Waals surface area contributed by atoms with Crippen LogP contribution in [0.25, 0.3) is 33.2 Å². The van der Waals surface area contributed by atoms with E-state index in [0.717, 1.165) is 9.95 Å². The van der Waals surface area contributed by atoms with Gasteiger partial charge < -0.3 is 14.2 Å². The number of pyridine rings is 2. The van der Waals surface area contributed by atoms with Gasteiger partial charge in [0.1, 0.15) is 12.3 Å². The smallest absolute Gasteiger partial charge is 0.340 e. The Labute approximate surface area is 271 Å². The first kappa shape index (κ1) is 33.1. The van der Waals surface area contributed by atoms with E-state index in [1.54, 1.807) is 37.3 Å². The number of carbonyl (C=O) groups is 2. The summed E-state index contributed by atoms with van der Waals surface area (Å²) in [5, 5.41) is 0.808. The van der Waals surface area contributed by atoms with Gasteiger partial charge in [-0.3, -0.25) is 14.2 Å². The van der Waals surface area contributed by atoms with E-state index < -0.39 is 29.7 Å². The molecule has 0 fully saturated rings. The van der Waals surface area contributed by atoms with Crippen LogP contribution in [-0.2, 0) is 27.4 Å². The molecule has 0 bridgehead atoms. The average Bonchev–Trinajstić information content (AvgIpc) is 3.06. The fourth-order valence-electron chi connectivity index (χ4n) is 5.47. The molecule has 0 radical (unpaired) electrons. The quantitative estimate of drug-likeness (QED) is 0.176. The Kier molecular flexibility index (Phi) is 9.83. The van der Waals surface area contributed by atoms with Gasteiger partial charge >= 0.3 is 17.6 Å². The van der Waals surface area contributed by atoms with Crippen molar-refractivity contribution in [2.75, 3.05) is 20.3 Å². The summed E-state index contributed by atoms with van der Waals surface area (Å²) in [5.74, 6) is -1.18. The Morgan fingerprint density at radius 1 is 0.872 bits per heavy atom. The van der Waals surface area contributed by atoms with Crippen LogP contribution in [0.3, 0.4) is 0 Å². The molecule has 3 aromatic heterocycles. The number of rotatable bonds is 11. The van der Waals surface area contributed by atoms with Gasteiger partial charge in [-0.15, -0.1) is 0 Å². The van der Waals surface area contributed by atoms with Crippen LogP contribution in [0.1, 0.15) is 62.2 Å². The van der Waals surface area contributed by atoms with Gasteiger partial charge in [-0.25, -0.2) is 24.1 Å². The van der Waals surface area contributed by atoms with E-state index in [1.807, 2.05) is 58.0 Å². The Morgan fingerprint density at radius 3 is 2.30 bits per heavy atom. The van der Waals surface area contributed by atoms with Crippen LogP contribution in [0.5, 0.6) is 5.75 Å². The molecule has 0 spiro atoms. The van der Waals surface area contributed by atoms with Crippen LogP contribution in [0.2, 0.25) is 0 Å². The number of aromatic nitrogens is 4. The lowest BCUT2D eigenvalue weighted by atomic mass is 9.94. The number of benzene rings is 2. The predicted molar refractivity (Wildman–Crippen MR) is 179 cm³/mol. The summed E-state index contributed by atoms with van der Waals surface area (Å²) in [4.78, 5) is 65.2. The van der Waals surface area contributed by atoms with Crippen LogP contribution in [-0.4, -0.2) is 51.4 Å². The summed E-state index contributed by atoms with van der Waals surface area (Å²) < 4.78 is 18.6. The number of carbonyl (C=O) groups excluding carboxylic acids is 2. The number of nitrogens with zero attached hydrogens (tertiary/aromatic N) is 4. The molecule has 0 atom stereocenters. The van der Waals surface area contributed by atoms with E-state index in [0.29, 0.717) is 28.2 Å². The molecule has 5 aromatic rings. The van der Waals surface area contributed by atoms with Crippen molar-refractivity contribution in [1.82, 2.24) is 19.1 Å². The number of esters is 2. The zero-order valence-electron chi connectivity index (χ0n) is 27.4. The Bertz CT molecular complexity index is 2100. The van der Waals surface area contributed by atoms with Gasteiger partial charge in [0.05, 0.1) is 54.7 Å². The standard InChI is InChI=1S/C36H38N4O7/c1-7-46-28(41)19-40-34(42)31-29(26-17-16-23-12-8-10-14-25(23)37-26)30(35(43)47-20-21(2)3)32(22(4)5)38-33(31)39(36(40)44)18-24-13-9-11-15-27(24)45-6/h8-17,21-22H,7,18-20H2,1-6H3. The third-order valence-electron chi connectivity index (χ3n) is 7.65. The van der Waals surface area contributed by atoms with E-state index >= 15 is 0 Å². The van der Waals surface area contributed by atoms with Crippen molar-refractivity contribution in [1.29, 1.82) is 0 Å². The first-order valence-corrected chi connectivity index (χ1v) is 15.6. The minimum absolute atomic E-state index is 0.0417. The molecule has 0 aliphatic carbocycles. The molecule has 5 rings (SSSR count). The lowest BCUT2D eigenvalue weighted by Gasteiger charge is -2.21. The maximum Gasteiger partial charge on any atom is 0.340 e. The number of ether oxygens (including phenoxy) is 3. The van der Waals surface area contributed by atoms with Crippen molar-refractivity contribution in [2.45, 2.75) is 53.6 Å². The Balaban J connectivity index is 1.97. The van der Waals surface area contributed by atoms with Crippen LogP contribution in [0.15, 0.2) is 70.3 Å². The second-order valence-electron chi connectivity index (χ2n) is 11.9. The molecule has 3 heterocycles. The molecule has 244 valence electrons. The number of methoxy groups -OCH3 is 1. The Hall–Kier alpha value is -5.32. The monoisotopic (exact) mass is 638 g/mol. The molecule has 0 aliphatic heterocycles. The second-order valence-corrected chi connectivity index (χ2v) is 11.9. The minimum Gasteiger partial charge on any atom is -0.496 e. The summed E-state index contributed by atoms with van der Waals surface area (Å²) in [5.41, 5.74) is 0.656. The highest BCUT2D eigenvalue weighted by atomic mass is 16.5. The summed E-state index contributed by atoms with van der Waals surface area (Å²) in [6, 6.07) is 18.2. The average molecular weight is 639 g/mol. The highest BCUT2D eigenvalue weighted by Crippen LogP contribution is 2.35. The van der Waals surface area contributed by atoms with Gasteiger partial charge in [-0.1, -0.05) is 70.2 Å². The van der Waals surface area contributed by atoms with Crippen LogP contribution in [0.4, 0.5) is 0 Å². The molecule has 0 amide bonds. The zero-order valence-corrected chi connectivity index (χ0v) is 27.4. The fraction of sp³-hybridized carbons (Fsp3) is 0.333. The van der Waals surface area contributed by atoms with Gasteiger partial charge in [-0.2, -0.15) is 0 Å². The SMILES string of the molecule is CCOC(=O)Cn1c(=O)c2c(-c3ccc4ccccc4n3)c(C(=O)OCC(C)C)c(C(C)C)nc2n(Cc2ccccc2OC)c1=O. The normalized spacial score (nSPS) is 11.4. The van der Waals surface area contributed by atoms with Gasteiger partial charge in [-0.05, 0) is 37.0 Å². The number of fused-ring (bicyclic) bond motifs is 2. The molecule has 2 aromatic carbocycles. The number of hydrogen-bond donors (Lipinski definition) is 0.